The lowest BCUT2D eigenvalue weighted by atomic mass is 10.2. The Labute approximate surface area is 178 Å². The number of hydrogen-bond donors (Lipinski definition) is 2. The molecule has 0 aromatic heterocycles. The SMILES string of the molecule is COCCOCCOc1ccc(C2=N[C@H]([C@@H]3SC[C@H](C(=O)O)N3C)CS2)c(O)c1. The Bertz CT molecular complexity index is 747. The molecule has 1 fully saturated rings. The third kappa shape index (κ3) is 5.58. The zero-order chi connectivity index (χ0) is 20.8. The topological polar surface area (TPSA) is 101 Å². The summed E-state index contributed by atoms with van der Waals surface area (Å²) in [5.74, 6) is 1.21. The standard InChI is InChI=1S/C19H26N2O6S2/c1-21-15(19(23)24)11-29-18(21)14-10-28-17(20-14)13-4-3-12(9-16(13)22)27-8-7-26-6-5-25-2/h3-4,9,14-15,18,22H,5-8,10-11H2,1-2H3,(H,23,24)/t14-,15+,18-/m0/s1. The van der Waals surface area contributed by atoms with Crippen LogP contribution in [0.15, 0.2) is 23.2 Å². The smallest absolute Gasteiger partial charge is 0.321 e. The number of likely N-dealkylation sites (N-methyl/N-ethyl adjacent to an activating group) is 1. The molecule has 0 bridgehead atoms. The van der Waals surface area contributed by atoms with Gasteiger partial charge >= 0.3 is 5.97 Å². The molecule has 0 aliphatic carbocycles. The summed E-state index contributed by atoms with van der Waals surface area (Å²) in [6, 6.07) is 4.71. The maximum atomic E-state index is 11.3. The highest BCUT2D eigenvalue weighted by molar-refractivity contribution is 8.14. The maximum Gasteiger partial charge on any atom is 0.321 e. The van der Waals surface area contributed by atoms with Crippen molar-refractivity contribution in [2.45, 2.75) is 17.5 Å². The minimum atomic E-state index is -0.797. The van der Waals surface area contributed by atoms with Crippen molar-refractivity contribution < 1.29 is 29.2 Å². The van der Waals surface area contributed by atoms with Gasteiger partial charge in [-0.3, -0.25) is 14.7 Å². The van der Waals surface area contributed by atoms with Crippen molar-refractivity contribution in [3.8, 4) is 11.5 Å². The lowest BCUT2D eigenvalue weighted by Crippen LogP contribution is -2.42. The fourth-order valence-electron chi connectivity index (χ4n) is 3.16. The molecule has 160 valence electrons. The molecule has 0 unspecified atom stereocenters. The molecule has 2 aliphatic heterocycles. The number of carboxylic acid groups (broad SMARTS) is 1. The van der Waals surface area contributed by atoms with Gasteiger partial charge in [0.05, 0.1) is 31.2 Å². The molecule has 0 saturated carbocycles. The maximum absolute atomic E-state index is 11.3. The molecule has 10 heteroatoms. The van der Waals surface area contributed by atoms with Crippen molar-refractivity contribution in [3.63, 3.8) is 0 Å². The van der Waals surface area contributed by atoms with Crippen LogP contribution in [-0.4, -0.2) is 95.7 Å². The van der Waals surface area contributed by atoms with E-state index in [1.807, 2.05) is 11.9 Å². The Balaban J connectivity index is 1.57. The molecular formula is C19H26N2O6S2. The number of nitrogens with zero attached hydrogens (tertiary/aromatic N) is 2. The van der Waals surface area contributed by atoms with Crippen molar-refractivity contribution in [1.82, 2.24) is 4.90 Å². The number of ether oxygens (including phenoxy) is 3. The van der Waals surface area contributed by atoms with Crippen LogP contribution in [-0.2, 0) is 14.3 Å². The van der Waals surface area contributed by atoms with Crippen LogP contribution in [0.25, 0.3) is 0 Å². The zero-order valence-electron chi connectivity index (χ0n) is 16.4. The van der Waals surface area contributed by atoms with E-state index in [1.54, 1.807) is 48.8 Å². The summed E-state index contributed by atoms with van der Waals surface area (Å²) in [6.45, 7) is 1.89. The lowest BCUT2D eigenvalue weighted by molar-refractivity contribution is -0.141. The summed E-state index contributed by atoms with van der Waals surface area (Å²) in [5, 5.41) is 20.5. The molecule has 1 aromatic rings. The number of carbonyl (C=O) groups is 1. The molecule has 2 N–H and O–H groups in total. The molecule has 0 amide bonds. The van der Waals surface area contributed by atoms with Crippen LogP contribution in [0.1, 0.15) is 5.56 Å². The Morgan fingerprint density at radius 3 is 2.76 bits per heavy atom. The van der Waals surface area contributed by atoms with E-state index in [1.165, 1.54) is 0 Å². The quantitative estimate of drug-likeness (QED) is 0.525. The lowest BCUT2D eigenvalue weighted by Gasteiger charge is -2.24. The number of thioether (sulfide) groups is 2. The fourth-order valence-corrected chi connectivity index (χ4v) is 5.92. The molecule has 3 rings (SSSR count). The Morgan fingerprint density at radius 1 is 1.28 bits per heavy atom. The number of phenolic OH excluding ortho intramolecular Hbond substituents is 1. The number of carboxylic acids is 1. The van der Waals surface area contributed by atoms with Gasteiger partial charge < -0.3 is 24.4 Å². The average molecular weight is 443 g/mol. The largest absolute Gasteiger partial charge is 0.507 e. The van der Waals surface area contributed by atoms with Crippen molar-refractivity contribution in [1.29, 1.82) is 0 Å². The van der Waals surface area contributed by atoms with Gasteiger partial charge in [-0.05, 0) is 19.2 Å². The summed E-state index contributed by atoms with van der Waals surface area (Å²) >= 11 is 3.21. The monoisotopic (exact) mass is 442 g/mol. The third-order valence-corrected chi connectivity index (χ3v) is 7.34. The van der Waals surface area contributed by atoms with Crippen LogP contribution in [0.2, 0.25) is 0 Å². The van der Waals surface area contributed by atoms with Crippen LogP contribution in [0.3, 0.4) is 0 Å². The highest BCUT2D eigenvalue weighted by Crippen LogP contribution is 2.38. The molecule has 3 atom stereocenters. The van der Waals surface area contributed by atoms with E-state index in [-0.39, 0.29) is 17.2 Å². The minimum absolute atomic E-state index is 0.00562. The number of methoxy groups -OCH3 is 1. The summed E-state index contributed by atoms with van der Waals surface area (Å²) in [6.07, 6.45) is 0. The van der Waals surface area contributed by atoms with E-state index in [0.717, 1.165) is 10.8 Å². The Morgan fingerprint density at radius 2 is 2.07 bits per heavy atom. The third-order valence-electron chi connectivity index (χ3n) is 4.73. The van der Waals surface area contributed by atoms with Gasteiger partial charge in [-0.25, -0.2) is 0 Å². The van der Waals surface area contributed by atoms with Gasteiger partial charge in [-0.2, -0.15) is 0 Å². The Kier molecular flexibility index (Phi) is 8.07. The van der Waals surface area contributed by atoms with Crippen LogP contribution in [0, 0.1) is 0 Å². The van der Waals surface area contributed by atoms with E-state index in [2.05, 4.69) is 0 Å². The molecule has 2 aliphatic rings. The number of hydrogen-bond acceptors (Lipinski definition) is 9. The van der Waals surface area contributed by atoms with Crippen molar-refractivity contribution in [2.75, 3.05) is 52.1 Å². The van der Waals surface area contributed by atoms with Crippen LogP contribution in [0.5, 0.6) is 11.5 Å². The zero-order valence-corrected chi connectivity index (χ0v) is 18.1. The van der Waals surface area contributed by atoms with Crippen molar-refractivity contribution >= 4 is 34.5 Å². The predicted octanol–water partition coefficient (Wildman–Crippen LogP) is 1.75. The molecular weight excluding hydrogens is 416 g/mol. The number of rotatable bonds is 10. The fraction of sp³-hybridized carbons (Fsp3) is 0.579. The van der Waals surface area contributed by atoms with E-state index in [4.69, 9.17) is 19.2 Å². The van der Waals surface area contributed by atoms with E-state index in [9.17, 15) is 15.0 Å². The number of aliphatic imine (C=N–C) groups is 1. The first-order valence-corrected chi connectivity index (χ1v) is 11.3. The number of phenols is 1. The summed E-state index contributed by atoms with van der Waals surface area (Å²) < 4.78 is 15.8. The van der Waals surface area contributed by atoms with Gasteiger partial charge in [0.25, 0.3) is 0 Å². The second-order valence-electron chi connectivity index (χ2n) is 6.69. The second-order valence-corrected chi connectivity index (χ2v) is 8.85. The van der Waals surface area contributed by atoms with Crippen LogP contribution in [0.4, 0.5) is 0 Å². The van der Waals surface area contributed by atoms with Crippen molar-refractivity contribution in [2.24, 2.45) is 4.99 Å². The molecule has 8 nitrogen and oxygen atoms in total. The van der Waals surface area contributed by atoms with E-state index >= 15 is 0 Å². The Hall–Kier alpha value is -1.46. The first-order chi connectivity index (χ1) is 14.0. The van der Waals surface area contributed by atoms with E-state index < -0.39 is 12.0 Å². The molecule has 1 saturated heterocycles. The van der Waals surface area contributed by atoms with Gasteiger partial charge in [0.15, 0.2) is 0 Å². The molecule has 0 spiro atoms. The normalized spacial score (nSPS) is 24.6. The summed E-state index contributed by atoms with van der Waals surface area (Å²) in [5.41, 5.74) is 0.668. The second kappa shape index (κ2) is 10.5. The van der Waals surface area contributed by atoms with Gasteiger partial charge in [-0.1, -0.05) is 0 Å². The summed E-state index contributed by atoms with van der Waals surface area (Å²) in [4.78, 5) is 18.0. The van der Waals surface area contributed by atoms with Crippen molar-refractivity contribution in [3.05, 3.63) is 23.8 Å². The number of aromatic hydroxyl groups is 1. The van der Waals surface area contributed by atoms with Gasteiger partial charge in [0, 0.05) is 30.2 Å². The minimum Gasteiger partial charge on any atom is -0.507 e. The van der Waals surface area contributed by atoms with Crippen LogP contribution >= 0.6 is 23.5 Å². The highest BCUT2D eigenvalue weighted by atomic mass is 32.2. The molecule has 1 aromatic carbocycles. The highest BCUT2D eigenvalue weighted by Gasteiger charge is 2.41. The predicted molar refractivity (Wildman–Crippen MR) is 115 cm³/mol. The average Bonchev–Trinajstić information content (AvgIpc) is 3.31. The van der Waals surface area contributed by atoms with E-state index in [0.29, 0.717) is 43.5 Å². The van der Waals surface area contributed by atoms with Gasteiger partial charge in [0.2, 0.25) is 0 Å². The first kappa shape index (κ1) is 22.2. The summed E-state index contributed by atoms with van der Waals surface area (Å²) in [7, 11) is 3.46. The number of aliphatic carboxylic acids is 1. The van der Waals surface area contributed by atoms with Gasteiger partial charge in [0.1, 0.15) is 29.2 Å². The molecule has 29 heavy (non-hydrogen) atoms. The molecule has 2 heterocycles. The van der Waals surface area contributed by atoms with Gasteiger partial charge in [-0.15, -0.1) is 23.5 Å². The first-order valence-electron chi connectivity index (χ1n) is 9.31. The molecule has 0 radical (unpaired) electrons. The number of benzene rings is 1. The van der Waals surface area contributed by atoms with Crippen LogP contribution < -0.4 is 4.74 Å².